The lowest BCUT2D eigenvalue weighted by Crippen LogP contribution is -2.56. The predicted octanol–water partition coefficient (Wildman–Crippen LogP) is 2.76. The number of nitrogens with one attached hydrogen (secondary N) is 2. The van der Waals surface area contributed by atoms with Crippen LogP contribution in [0.3, 0.4) is 0 Å². The number of piperazine rings is 1. The van der Waals surface area contributed by atoms with Gasteiger partial charge in [0.1, 0.15) is 6.04 Å². The summed E-state index contributed by atoms with van der Waals surface area (Å²) in [6.45, 7) is 5.35. The molecule has 0 bridgehead atoms. The van der Waals surface area contributed by atoms with Crippen molar-refractivity contribution in [2.75, 3.05) is 26.2 Å². The molecule has 2 heterocycles. The summed E-state index contributed by atoms with van der Waals surface area (Å²) in [5.41, 5.74) is 3.85. The molecule has 172 valence electrons. The molecule has 7 heteroatoms. The van der Waals surface area contributed by atoms with Gasteiger partial charge < -0.3 is 20.1 Å². The van der Waals surface area contributed by atoms with Gasteiger partial charge in [0, 0.05) is 62.2 Å². The minimum absolute atomic E-state index is 0.0121. The number of para-hydroxylation sites is 1. The lowest BCUT2D eigenvalue weighted by Gasteiger charge is -2.36. The molecule has 2 N–H and O–H groups in total. The van der Waals surface area contributed by atoms with Gasteiger partial charge in [0.15, 0.2) is 0 Å². The monoisotopic (exact) mass is 446 g/mol. The molecule has 33 heavy (non-hydrogen) atoms. The van der Waals surface area contributed by atoms with Crippen LogP contribution in [-0.4, -0.2) is 64.7 Å². The number of hydrogen-bond acceptors (Lipinski definition) is 3. The second-order valence-corrected chi connectivity index (χ2v) is 8.48. The molecule has 1 aromatic heterocycles. The highest BCUT2D eigenvalue weighted by Gasteiger charge is 2.30. The number of fused-ring (bicyclic) bond motifs is 1. The van der Waals surface area contributed by atoms with E-state index in [1.165, 1.54) is 12.5 Å². The predicted molar refractivity (Wildman–Crippen MR) is 128 cm³/mol. The number of amides is 3. The topological polar surface area (TPSA) is 85.5 Å². The molecule has 4 rings (SSSR count). The third-order valence-corrected chi connectivity index (χ3v) is 6.26. The van der Waals surface area contributed by atoms with E-state index in [0.717, 1.165) is 22.9 Å². The van der Waals surface area contributed by atoms with E-state index in [-0.39, 0.29) is 17.7 Å². The molecule has 0 saturated carbocycles. The highest BCUT2D eigenvalue weighted by Crippen LogP contribution is 2.20. The zero-order valence-electron chi connectivity index (χ0n) is 19.1. The fourth-order valence-electron chi connectivity index (χ4n) is 4.38. The van der Waals surface area contributed by atoms with Gasteiger partial charge in [-0.1, -0.05) is 37.3 Å². The van der Waals surface area contributed by atoms with E-state index in [1.54, 1.807) is 9.80 Å². The maximum absolute atomic E-state index is 13.3. The van der Waals surface area contributed by atoms with Crippen LogP contribution in [0.2, 0.25) is 0 Å². The van der Waals surface area contributed by atoms with Crippen LogP contribution in [-0.2, 0) is 22.4 Å². The Labute approximate surface area is 193 Å². The first-order chi connectivity index (χ1) is 16.0. The van der Waals surface area contributed by atoms with Crippen molar-refractivity contribution in [3.05, 3.63) is 71.4 Å². The van der Waals surface area contributed by atoms with E-state index in [2.05, 4.69) is 17.2 Å². The molecule has 2 aromatic carbocycles. The first-order valence-electron chi connectivity index (χ1n) is 11.5. The standard InChI is InChI=1S/C26H30N4O3/c1-3-19-8-10-20(11-9-19)25(32)29-12-14-30(15-13-29)26(33)24(28-18(2)31)16-21-17-27-23-7-5-4-6-22(21)23/h4-11,17,24,27H,3,12-16H2,1-2H3,(H,28,31). The van der Waals surface area contributed by atoms with Gasteiger partial charge in [0.05, 0.1) is 0 Å². The normalized spacial score (nSPS) is 14.8. The molecular weight excluding hydrogens is 416 g/mol. The summed E-state index contributed by atoms with van der Waals surface area (Å²) >= 11 is 0. The molecule has 1 saturated heterocycles. The Morgan fingerprint density at radius 2 is 1.64 bits per heavy atom. The number of H-pyrrole nitrogens is 1. The SMILES string of the molecule is CCc1ccc(C(=O)N2CCN(C(=O)C(Cc3c[nH]c4ccccc34)NC(C)=O)CC2)cc1. The third kappa shape index (κ3) is 5.08. The molecule has 1 aliphatic heterocycles. The zero-order valence-corrected chi connectivity index (χ0v) is 19.1. The van der Waals surface area contributed by atoms with Gasteiger partial charge in [-0.25, -0.2) is 0 Å². The van der Waals surface area contributed by atoms with E-state index < -0.39 is 6.04 Å². The largest absolute Gasteiger partial charge is 0.361 e. The number of benzene rings is 2. The Morgan fingerprint density at radius 3 is 2.30 bits per heavy atom. The molecule has 0 spiro atoms. The van der Waals surface area contributed by atoms with Gasteiger partial charge in [-0.3, -0.25) is 14.4 Å². The molecule has 1 atom stereocenters. The summed E-state index contributed by atoms with van der Waals surface area (Å²) < 4.78 is 0. The number of aromatic nitrogens is 1. The number of carbonyl (C=O) groups is 3. The van der Waals surface area contributed by atoms with Crippen LogP contribution in [0.5, 0.6) is 0 Å². The molecule has 1 fully saturated rings. The average Bonchev–Trinajstić information content (AvgIpc) is 3.25. The zero-order chi connectivity index (χ0) is 23.4. The van der Waals surface area contributed by atoms with Crippen molar-refractivity contribution >= 4 is 28.6 Å². The Morgan fingerprint density at radius 1 is 0.970 bits per heavy atom. The van der Waals surface area contributed by atoms with Crippen LogP contribution in [0.25, 0.3) is 10.9 Å². The summed E-state index contributed by atoms with van der Waals surface area (Å²) in [6.07, 6.45) is 3.24. The first-order valence-corrected chi connectivity index (χ1v) is 11.5. The fourth-order valence-corrected chi connectivity index (χ4v) is 4.38. The van der Waals surface area contributed by atoms with Crippen molar-refractivity contribution in [2.45, 2.75) is 32.7 Å². The van der Waals surface area contributed by atoms with Crippen LogP contribution >= 0.6 is 0 Å². The smallest absolute Gasteiger partial charge is 0.253 e. The summed E-state index contributed by atoms with van der Waals surface area (Å²) in [4.78, 5) is 44.8. The van der Waals surface area contributed by atoms with Gasteiger partial charge in [0.25, 0.3) is 5.91 Å². The van der Waals surface area contributed by atoms with Crippen molar-refractivity contribution in [1.29, 1.82) is 0 Å². The number of carbonyl (C=O) groups excluding carboxylic acids is 3. The first kappa shape index (κ1) is 22.6. The lowest BCUT2D eigenvalue weighted by atomic mass is 10.0. The highest BCUT2D eigenvalue weighted by atomic mass is 16.2. The fraction of sp³-hybridized carbons (Fsp3) is 0.346. The number of nitrogens with zero attached hydrogens (tertiary/aromatic N) is 2. The molecule has 0 aliphatic carbocycles. The second kappa shape index (κ2) is 9.90. The molecule has 1 aliphatic rings. The number of aryl methyl sites for hydroxylation is 1. The van der Waals surface area contributed by atoms with Crippen molar-refractivity contribution in [2.24, 2.45) is 0 Å². The third-order valence-electron chi connectivity index (χ3n) is 6.26. The van der Waals surface area contributed by atoms with E-state index in [9.17, 15) is 14.4 Å². The van der Waals surface area contributed by atoms with Gasteiger partial charge in [-0.05, 0) is 35.7 Å². The quantitative estimate of drug-likeness (QED) is 0.611. The van der Waals surface area contributed by atoms with Crippen molar-refractivity contribution in [3.63, 3.8) is 0 Å². The molecule has 1 unspecified atom stereocenters. The van der Waals surface area contributed by atoms with Gasteiger partial charge >= 0.3 is 0 Å². The Balaban J connectivity index is 1.41. The van der Waals surface area contributed by atoms with Gasteiger partial charge in [0.2, 0.25) is 11.8 Å². The molecule has 3 aromatic rings. The van der Waals surface area contributed by atoms with Crippen molar-refractivity contribution < 1.29 is 14.4 Å². The summed E-state index contributed by atoms with van der Waals surface area (Å²) in [6, 6.07) is 15.0. The molecule has 3 amide bonds. The minimum atomic E-state index is -0.648. The Kier molecular flexibility index (Phi) is 6.77. The molecule has 7 nitrogen and oxygen atoms in total. The number of aromatic amines is 1. The Hall–Kier alpha value is -3.61. The second-order valence-electron chi connectivity index (χ2n) is 8.48. The summed E-state index contributed by atoms with van der Waals surface area (Å²) in [5.74, 6) is -0.366. The summed E-state index contributed by atoms with van der Waals surface area (Å²) in [7, 11) is 0. The van der Waals surface area contributed by atoms with Crippen LogP contribution in [0, 0.1) is 0 Å². The van der Waals surface area contributed by atoms with E-state index in [0.29, 0.717) is 38.2 Å². The lowest BCUT2D eigenvalue weighted by molar-refractivity contribution is -0.137. The number of rotatable bonds is 6. The van der Waals surface area contributed by atoms with Crippen LogP contribution in [0.15, 0.2) is 54.7 Å². The Bertz CT molecular complexity index is 1140. The van der Waals surface area contributed by atoms with E-state index in [4.69, 9.17) is 0 Å². The molecule has 0 radical (unpaired) electrons. The van der Waals surface area contributed by atoms with E-state index in [1.807, 2.05) is 54.7 Å². The van der Waals surface area contributed by atoms with E-state index >= 15 is 0 Å². The highest BCUT2D eigenvalue weighted by molar-refractivity contribution is 5.94. The maximum atomic E-state index is 13.3. The van der Waals surface area contributed by atoms with Crippen molar-refractivity contribution in [3.8, 4) is 0 Å². The van der Waals surface area contributed by atoms with Crippen LogP contribution in [0.1, 0.15) is 35.3 Å². The average molecular weight is 447 g/mol. The van der Waals surface area contributed by atoms with Crippen LogP contribution in [0.4, 0.5) is 0 Å². The van der Waals surface area contributed by atoms with Gasteiger partial charge in [-0.15, -0.1) is 0 Å². The maximum Gasteiger partial charge on any atom is 0.253 e. The van der Waals surface area contributed by atoms with Crippen LogP contribution < -0.4 is 5.32 Å². The molecular formula is C26H30N4O3. The summed E-state index contributed by atoms with van der Waals surface area (Å²) in [5, 5.41) is 3.87. The minimum Gasteiger partial charge on any atom is -0.361 e. The van der Waals surface area contributed by atoms with Crippen molar-refractivity contribution in [1.82, 2.24) is 20.1 Å². The van der Waals surface area contributed by atoms with Gasteiger partial charge in [-0.2, -0.15) is 0 Å². The number of hydrogen-bond donors (Lipinski definition) is 2.